The van der Waals surface area contributed by atoms with E-state index in [1.54, 1.807) is 0 Å². The lowest BCUT2D eigenvalue weighted by molar-refractivity contribution is 0.702. The zero-order valence-electron chi connectivity index (χ0n) is 8.61. The zero-order valence-corrected chi connectivity index (χ0v) is 8.61. The Morgan fingerprint density at radius 1 is 1.64 bits per heavy atom. The number of aromatic nitrogens is 2. The predicted octanol–water partition coefficient (Wildman–Crippen LogP) is 1.49. The topological polar surface area (TPSA) is 43.8 Å². The van der Waals surface area contributed by atoms with E-state index in [-0.39, 0.29) is 6.04 Å². The molecule has 1 aromatic heterocycles. The molecule has 1 aromatic rings. The number of aryl methyl sites for hydroxylation is 1. The fraction of sp³-hybridized carbons (Fsp3) is 0.545. The first kappa shape index (κ1) is 9.46. The Morgan fingerprint density at radius 2 is 2.50 bits per heavy atom. The molecule has 3 nitrogen and oxygen atoms in total. The molecular formula is C11H17N3. The van der Waals surface area contributed by atoms with Gasteiger partial charge in [0.2, 0.25) is 0 Å². The second kappa shape index (κ2) is 3.96. The van der Waals surface area contributed by atoms with Gasteiger partial charge in [-0.05, 0) is 19.8 Å². The van der Waals surface area contributed by atoms with Crippen LogP contribution in [0.2, 0.25) is 0 Å². The Morgan fingerprint density at radius 3 is 3.14 bits per heavy atom. The van der Waals surface area contributed by atoms with Crippen LogP contribution in [0.5, 0.6) is 0 Å². The van der Waals surface area contributed by atoms with Crippen molar-refractivity contribution in [2.75, 3.05) is 0 Å². The summed E-state index contributed by atoms with van der Waals surface area (Å²) in [5, 5.41) is 0. The van der Waals surface area contributed by atoms with E-state index in [4.69, 9.17) is 5.73 Å². The van der Waals surface area contributed by atoms with Crippen molar-refractivity contribution >= 4 is 0 Å². The van der Waals surface area contributed by atoms with Crippen LogP contribution in [0.4, 0.5) is 0 Å². The summed E-state index contributed by atoms with van der Waals surface area (Å²) in [5.74, 6) is 1.16. The molecule has 2 rings (SSSR count). The van der Waals surface area contributed by atoms with E-state index in [9.17, 15) is 0 Å². The lowest BCUT2D eigenvalue weighted by Crippen LogP contribution is -2.11. The van der Waals surface area contributed by atoms with E-state index in [2.05, 4.69) is 22.6 Å². The van der Waals surface area contributed by atoms with Gasteiger partial charge in [0.05, 0.1) is 0 Å². The molecule has 0 bridgehead atoms. The second-order valence-electron chi connectivity index (χ2n) is 3.83. The number of nitrogens with zero attached hydrogens (tertiary/aromatic N) is 2. The van der Waals surface area contributed by atoms with Crippen molar-refractivity contribution in [1.29, 1.82) is 0 Å². The molecule has 0 amide bonds. The van der Waals surface area contributed by atoms with E-state index in [0.717, 1.165) is 31.6 Å². The molecule has 0 fully saturated rings. The molecule has 1 aliphatic rings. The highest BCUT2D eigenvalue weighted by Crippen LogP contribution is 2.20. The number of hydrogen-bond acceptors (Lipinski definition) is 2. The Hall–Kier alpha value is -1.09. The van der Waals surface area contributed by atoms with Crippen LogP contribution < -0.4 is 5.73 Å². The van der Waals surface area contributed by atoms with E-state index < -0.39 is 0 Å². The highest BCUT2D eigenvalue weighted by atomic mass is 15.0. The van der Waals surface area contributed by atoms with Crippen LogP contribution in [0.15, 0.2) is 24.0 Å². The SMILES string of the molecule is CCn1ccnc1CC1=CC(N)CC1. The summed E-state index contributed by atoms with van der Waals surface area (Å²) in [6.45, 7) is 3.13. The fourth-order valence-electron chi connectivity index (χ4n) is 1.97. The van der Waals surface area contributed by atoms with E-state index in [1.807, 2.05) is 12.4 Å². The van der Waals surface area contributed by atoms with Gasteiger partial charge in [-0.15, -0.1) is 0 Å². The van der Waals surface area contributed by atoms with E-state index in [0.29, 0.717) is 0 Å². The Balaban J connectivity index is 2.07. The van der Waals surface area contributed by atoms with Gasteiger partial charge < -0.3 is 10.3 Å². The third-order valence-electron chi connectivity index (χ3n) is 2.78. The maximum Gasteiger partial charge on any atom is 0.112 e. The van der Waals surface area contributed by atoms with Crippen molar-refractivity contribution < 1.29 is 0 Å². The summed E-state index contributed by atoms with van der Waals surface area (Å²) in [4.78, 5) is 4.36. The molecule has 0 radical (unpaired) electrons. The average Bonchev–Trinajstić information content (AvgIpc) is 2.76. The molecule has 0 aliphatic heterocycles. The molecule has 1 aliphatic carbocycles. The largest absolute Gasteiger partial charge is 0.335 e. The minimum atomic E-state index is 0.273. The first-order valence-corrected chi connectivity index (χ1v) is 5.24. The van der Waals surface area contributed by atoms with Gasteiger partial charge in [-0.2, -0.15) is 0 Å². The van der Waals surface area contributed by atoms with Crippen molar-refractivity contribution in [3.63, 3.8) is 0 Å². The smallest absolute Gasteiger partial charge is 0.112 e. The Bertz CT molecular complexity index is 338. The van der Waals surface area contributed by atoms with Crippen LogP contribution in [0, 0.1) is 0 Å². The molecule has 14 heavy (non-hydrogen) atoms. The van der Waals surface area contributed by atoms with Gasteiger partial charge in [-0.3, -0.25) is 0 Å². The molecule has 3 heteroatoms. The quantitative estimate of drug-likeness (QED) is 0.736. The lowest BCUT2D eigenvalue weighted by atomic mass is 10.1. The van der Waals surface area contributed by atoms with E-state index in [1.165, 1.54) is 5.57 Å². The monoisotopic (exact) mass is 191 g/mol. The molecule has 76 valence electrons. The van der Waals surface area contributed by atoms with Crippen LogP contribution in [-0.4, -0.2) is 15.6 Å². The fourth-order valence-corrected chi connectivity index (χ4v) is 1.97. The summed E-state index contributed by atoms with van der Waals surface area (Å²) in [5.41, 5.74) is 7.26. The first-order valence-electron chi connectivity index (χ1n) is 5.24. The van der Waals surface area contributed by atoms with Crippen molar-refractivity contribution in [3.8, 4) is 0 Å². The van der Waals surface area contributed by atoms with Crippen molar-refractivity contribution in [2.24, 2.45) is 5.73 Å². The summed E-state index contributed by atoms with van der Waals surface area (Å²) >= 11 is 0. The highest BCUT2D eigenvalue weighted by molar-refractivity contribution is 5.18. The molecule has 1 unspecified atom stereocenters. The summed E-state index contributed by atoms with van der Waals surface area (Å²) in [7, 11) is 0. The van der Waals surface area contributed by atoms with Gasteiger partial charge in [0.25, 0.3) is 0 Å². The van der Waals surface area contributed by atoms with Gasteiger partial charge in [0, 0.05) is 31.4 Å². The first-order chi connectivity index (χ1) is 6.79. The molecule has 1 atom stereocenters. The van der Waals surface area contributed by atoms with Gasteiger partial charge in [0.15, 0.2) is 0 Å². The van der Waals surface area contributed by atoms with Gasteiger partial charge >= 0.3 is 0 Å². The van der Waals surface area contributed by atoms with E-state index >= 15 is 0 Å². The third kappa shape index (κ3) is 1.87. The van der Waals surface area contributed by atoms with Gasteiger partial charge in [-0.25, -0.2) is 4.98 Å². The normalized spacial score (nSPS) is 21.3. The van der Waals surface area contributed by atoms with Gasteiger partial charge in [0.1, 0.15) is 5.82 Å². The zero-order chi connectivity index (χ0) is 9.97. The number of allylic oxidation sites excluding steroid dienone is 1. The standard InChI is InChI=1S/C11H17N3/c1-2-14-6-5-13-11(14)8-9-3-4-10(12)7-9/h5-7,10H,2-4,8,12H2,1H3. The van der Waals surface area contributed by atoms with Crippen molar-refractivity contribution in [3.05, 3.63) is 29.9 Å². The average molecular weight is 191 g/mol. The number of nitrogens with two attached hydrogens (primary N) is 1. The predicted molar refractivity (Wildman–Crippen MR) is 56.9 cm³/mol. The molecule has 0 aromatic carbocycles. The van der Waals surface area contributed by atoms with Crippen LogP contribution in [0.25, 0.3) is 0 Å². The van der Waals surface area contributed by atoms with Crippen LogP contribution >= 0.6 is 0 Å². The third-order valence-corrected chi connectivity index (χ3v) is 2.78. The molecular weight excluding hydrogens is 174 g/mol. The summed E-state index contributed by atoms with van der Waals surface area (Å²) in [6.07, 6.45) is 9.29. The Kier molecular flexibility index (Phi) is 2.68. The maximum absolute atomic E-state index is 5.82. The number of hydrogen-bond donors (Lipinski definition) is 1. The molecule has 1 heterocycles. The Labute approximate surface area is 84.6 Å². The number of imidazole rings is 1. The summed E-state index contributed by atoms with van der Waals surface area (Å²) < 4.78 is 2.19. The maximum atomic E-state index is 5.82. The lowest BCUT2D eigenvalue weighted by Gasteiger charge is -2.04. The molecule has 2 N–H and O–H groups in total. The molecule has 0 saturated heterocycles. The van der Waals surface area contributed by atoms with Crippen LogP contribution in [-0.2, 0) is 13.0 Å². The van der Waals surface area contributed by atoms with Crippen LogP contribution in [0.3, 0.4) is 0 Å². The van der Waals surface area contributed by atoms with Crippen molar-refractivity contribution in [1.82, 2.24) is 9.55 Å². The molecule has 0 saturated carbocycles. The minimum absolute atomic E-state index is 0.273. The number of rotatable bonds is 3. The van der Waals surface area contributed by atoms with Crippen molar-refractivity contribution in [2.45, 2.75) is 38.8 Å². The highest BCUT2D eigenvalue weighted by Gasteiger charge is 2.13. The summed E-state index contributed by atoms with van der Waals surface area (Å²) in [6, 6.07) is 0.273. The second-order valence-corrected chi connectivity index (χ2v) is 3.83. The minimum Gasteiger partial charge on any atom is -0.335 e. The van der Waals surface area contributed by atoms with Crippen LogP contribution in [0.1, 0.15) is 25.6 Å². The molecule has 0 spiro atoms. The van der Waals surface area contributed by atoms with Gasteiger partial charge in [-0.1, -0.05) is 11.6 Å².